The minimum Gasteiger partial charge on any atom is -0.444 e. The summed E-state index contributed by atoms with van der Waals surface area (Å²) < 4.78 is 5.36. The van der Waals surface area contributed by atoms with Gasteiger partial charge in [-0.3, -0.25) is 9.59 Å². The van der Waals surface area contributed by atoms with E-state index in [1.165, 1.54) is 0 Å². The molecule has 1 rings (SSSR count). The van der Waals surface area contributed by atoms with Crippen LogP contribution in [0.25, 0.3) is 0 Å². The van der Waals surface area contributed by atoms with E-state index in [-0.39, 0.29) is 17.9 Å². The molecule has 3 unspecified atom stereocenters. The molecule has 0 saturated carbocycles. The maximum absolute atomic E-state index is 13.9. The third kappa shape index (κ3) is 10.2. The van der Waals surface area contributed by atoms with Gasteiger partial charge in [-0.2, -0.15) is 0 Å². The van der Waals surface area contributed by atoms with Gasteiger partial charge in [-0.05, 0) is 90.3 Å². The number of hydrogen-bond donors (Lipinski definition) is 2. The van der Waals surface area contributed by atoms with E-state index in [1.54, 1.807) is 32.6 Å². The molecule has 1 aromatic rings. The van der Waals surface area contributed by atoms with Crippen molar-refractivity contribution >= 4 is 17.9 Å². The number of benzene rings is 1. The Kier molecular flexibility index (Phi) is 12.4. The van der Waals surface area contributed by atoms with Crippen LogP contribution in [0.4, 0.5) is 4.79 Å². The fourth-order valence-electron chi connectivity index (χ4n) is 3.94. The molecule has 0 radical (unpaired) electrons. The van der Waals surface area contributed by atoms with Crippen LogP contribution < -0.4 is 10.6 Å². The summed E-state index contributed by atoms with van der Waals surface area (Å²) in [7, 11) is 0. The first kappa shape index (κ1) is 31.5. The Morgan fingerprint density at radius 2 is 1.64 bits per heavy atom. The first-order valence-corrected chi connectivity index (χ1v) is 13.3. The Balaban J connectivity index is 3.45. The molecular weight excluding hydrogens is 454 g/mol. The lowest BCUT2D eigenvalue weighted by Crippen LogP contribution is -2.54. The number of aryl methyl sites for hydroxylation is 2. The Bertz CT molecular complexity index is 876. The van der Waals surface area contributed by atoms with Crippen LogP contribution in [0.5, 0.6) is 0 Å². The first-order chi connectivity index (χ1) is 16.7. The maximum Gasteiger partial charge on any atom is 0.408 e. The largest absolute Gasteiger partial charge is 0.444 e. The van der Waals surface area contributed by atoms with Gasteiger partial charge in [0.2, 0.25) is 11.8 Å². The van der Waals surface area contributed by atoms with Crippen molar-refractivity contribution in [1.29, 1.82) is 0 Å². The Morgan fingerprint density at radius 1 is 1.00 bits per heavy atom. The van der Waals surface area contributed by atoms with Crippen LogP contribution in [0.15, 0.2) is 18.2 Å². The molecule has 0 aliphatic carbocycles. The van der Waals surface area contributed by atoms with Crippen LogP contribution in [0.3, 0.4) is 0 Å². The predicted molar refractivity (Wildman–Crippen MR) is 146 cm³/mol. The zero-order chi connectivity index (χ0) is 27.6. The minimum atomic E-state index is -0.862. The van der Waals surface area contributed by atoms with Gasteiger partial charge in [0, 0.05) is 12.6 Å². The zero-order valence-electron chi connectivity index (χ0n) is 24.2. The third-order valence-electron chi connectivity index (χ3n) is 6.20. The van der Waals surface area contributed by atoms with Gasteiger partial charge in [-0.25, -0.2) is 4.79 Å². The van der Waals surface area contributed by atoms with Crippen LogP contribution in [0.2, 0.25) is 0 Å². The number of nitrogens with one attached hydrogen (secondary N) is 2. The zero-order valence-corrected chi connectivity index (χ0v) is 24.2. The molecule has 3 atom stereocenters. The van der Waals surface area contributed by atoms with Crippen LogP contribution in [0, 0.1) is 19.8 Å². The van der Waals surface area contributed by atoms with E-state index < -0.39 is 23.8 Å². The van der Waals surface area contributed by atoms with Crippen molar-refractivity contribution in [2.75, 3.05) is 6.54 Å². The second kappa shape index (κ2) is 14.2. The van der Waals surface area contributed by atoms with Crippen molar-refractivity contribution in [2.45, 2.75) is 119 Å². The topological polar surface area (TPSA) is 87.7 Å². The summed E-state index contributed by atoms with van der Waals surface area (Å²) in [5.41, 5.74) is 2.26. The lowest BCUT2D eigenvalue weighted by molar-refractivity contribution is -0.144. The molecule has 3 amide bonds. The lowest BCUT2D eigenvalue weighted by Gasteiger charge is -2.38. The Labute approximate surface area is 218 Å². The van der Waals surface area contributed by atoms with Crippen molar-refractivity contribution in [2.24, 2.45) is 5.92 Å². The van der Waals surface area contributed by atoms with Gasteiger partial charge in [-0.1, -0.05) is 45.4 Å². The molecule has 0 spiro atoms. The highest BCUT2D eigenvalue weighted by atomic mass is 16.6. The Hall–Kier alpha value is -2.57. The molecular formula is C29H49N3O4. The van der Waals surface area contributed by atoms with E-state index in [0.29, 0.717) is 12.5 Å². The number of alkyl carbamates (subject to hydrolysis) is 1. The molecule has 204 valence electrons. The number of hydrogen-bond acceptors (Lipinski definition) is 4. The minimum absolute atomic E-state index is 0.207. The summed E-state index contributed by atoms with van der Waals surface area (Å²) in [6.45, 7) is 19.9. The average molecular weight is 504 g/mol. The summed E-state index contributed by atoms with van der Waals surface area (Å²) in [4.78, 5) is 41.6. The van der Waals surface area contributed by atoms with Gasteiger partial charge < -0.3 is 20.3 Å². The predicted octanol–water partition coefficient (Wildman–Crippen LogP) is 5.83. The monoisotopic (exact) mass is 503 g/mol. The molecule has 0 aliphatic heterocycles. The molecule has 2 N–H and O–H groups in total. The highest BCUT2D eigenvalue weighted by Gasteiger charge is 2.37. The quantitative estimate of drug-likeness (QED) is 0.352. The first-order valence-electron chi connectivity index (χ1n) is 13.3. The maximum atomic E-state index is 13.9. The molecule has 0 aromatic heterocycles. The van der Waals surface area contributed by atoms with Crippen LogP contribution in [-0.4, -0.2) is 47.0 Å². The Morgan fingerprint density at radius 3 is 2.17 bits per heavy atom. The van der Waals surface area contributed by atoms with E-state index in [2.05, 4.69) is 31.4 Å². The molecule has 0 heterocycles. The third-order valence-corrected chi connectivity index (χ3v) is 6.20. The van der Waals surface area contributed by atoms with Gasteiger partial charge in [-0.15, -0.1) is 0 Å². The van der Waals surface area contributed by atoms with E-state index in [0.717, 1.165) is 42.4 Å². The standard InChI is InChI=1S/C29H49N3O4/c1-11-12-17-30-26(33)25(24-16-14-20(4)21(5)18-24)32(22(6)15-13-19(2)3)27(34)23(7)31-28(35)36-29(8,9)10/h14,16,18-19,22-23,25H,11-13,15,17H2,1-10H3,(H,30,33)(H,31,35). The second-order valence-corrected chi connectivity index (χ2v) is 11.3. The van der Waals surface area contributed by atoms with E-state index >= 15 is 0 Å². The van der Waals surface area contributed by atoms with Crippen molar-refractivity contribution < 1.29 is 19.1 Å². The number of amides is 3. The summed E-state index contributed by atoms with van der Waals surface area (Å²) in [5.74, 6) is -0.0629. The van der Waals surface area contributed by atoms with Crippen molar-refractivity contribution in [1.82, 2.24) is 15.5 Å². The number of unbranched alkanes of at least 4 members (excludes halogenated alkanes) is 1. The molecule has 1 aromatic carbocycles. The number of nitrogens with zero attached hydrogens (tertiary/aromatic N) is 1. The van der Waals surface area contributed by atoms with Crippen molar-refractivity contribution in [3.8, 4) is 0 Å². The highest BCUT2D eigenvalue weighted by Crippen LogP contribution is 2.29. The van der Waals surface area contributed by atoms with Gasteiger partial charge in [0.05, 0.1) is 0 Å². The number of rotatable bonds is 12. The molecule has 0 bridgehead atoms. The van der Waals surface area contributed by atoms with Crippen molar-refractivity contribution in [3.05, 3.63) is 34.9 Å². The van der Waals surface area contributed by atoms with Crippen LogP contribution in [-0.2, 0) is 14.3 Å². The molecule has 0 fully saturated rings. The van der Waals surface area contributed by atoms with Crippen LogP contribution >= 0.6 is 0 Å². The number of carbonyl (C=O) groups is 3. The summed E-state index contributed by atoms with van der Waals surface area (Å²) >= 11 is 0. The molecule has 7 heteroatoms. The molecule has 36 heavy (non-hydrogen) atoms. The number of carbonyl (C=O) groups excluding carboxylic acids is 3. The molecule has 0 aliphatic rings. The van der Waals surface area contributed by atoms with E-state index in [4.69, 9.17) is 4.74 Å². The van der Waals surface area contributed by atoms with Gasteiger partial charge in [0.25, 0.3) is 0 Å². The summed E-state index contributed by atoms with van der Waals surface area (Å²) in [6.07, 6.45) is 2.81. The summed E-state index contributed by atoms with van der Waals surface area (Å²) in [6, 6.07) is 4.01. The fourth-order valence-corrected chi connectivity index (χ4v) is 3.94. The molecule has 0 saturated heterocycles. The van der Waals surface area contributed by atoms with Gasteiger partial charge in [0.15, 0.2) is 0 Å². The molecule has 7 nitrogen and oxygen atoms in total. The highest BCUT2D eigenvalue weighted by molar-refractivity contribution is 5.92. The van der Waals surface area contributed by atoms with Crippen molar-refractivity contribution in [3.63, 3.8) is 0 Å². The van der Waals surface area contributed by atoms with Crippen LogP contribution in [0.1, 0.15) is 104 Å². The SMILES string of the molecule is CCCCNC(=O)C(c1ccc(C)c(C)c1)N(C(=O)C(C)NC(=O)OC(C)(C)C)C(C)CCC(C)C. The smallest absolute Gasteiger partial charge is 0.408 e. The summed E-state index contributed by atoms with van der Waals surface area (Å²) in [5, 5.41) is 5.71. The van der Waals surface area contributed by atoms with Gasteiger partial charge in [0.1, 0.15) is 17.7 Å². The second-order valence-electron chi connectivity index (χ2n) is 11.3. The number of ether oxygens (including phenoxy) is 1. The normalized spacial score (nSPS) is 14.1. The fraction of sp³-hybridized carbons (Fsp3) is 0.690. The average Bonchev–Trinajstić information content (AvgIpc) is 2.76. The van der Waals surface area contributed by atoms with E-state index in [1.807, 2.05) is 39.0 Å². The van der Waals surface area contributed by atoms with E-state index in [9.17, 15) is 14.4 Å². The lowest BCUT2D eigenvalue weighted by atomic mass is 9.95. The van der Waals surface area contributed by atoms with Gasteiger partial charge >= 0.3 is 6.09 Å².